The number of carboxylic acid groups (broad SMARTS) is 1. The van der Waals surface area contributed by atoms with E-state index < -0.39 is 11.9 Å². The van der Waals surface area contributed by atoms with Crippen molar-refractivity contribution in [2.24, 2.45) is 0 Å². The molecule has 8 nitrogen and oxygen atoms in total. The third-order valence-electron chi connectivity index (χ3n) is 3.88. The van der Waals surface area contributed by atoms with Crippen LogP contribution in [0.3, 0.4) is 0 Å². The molecule has 0 aliphatic carbocycles. The van der Waals surface area contributed by atoms with Crippen LogP contribution in [0, 0.1) is 11.3 Å². The van der Waals surface area contributed by atoms with Gasteiger partial charge in [0.2, 0.25) is 0 Å². The summed E-state index contributed by atoms with van der Waals surface area (Å²) in [4.78, 5) is 25.4. The van der Waals surface area contributed by atoms with Gasteiger partial charge in [0, 0.05) is 31.5 Å². The third-order valence-corrected chi connectivity index (χ3v) is 3.88. The van der Waals surface area contributed by atoms with Crippen molar-refractivity contribution in [3.63, 3.8) is 0 Å². The zero-order chi connectivity index (χ0) is 18.8. The maximum atomic E-state index is 12.1. The maximum absolute atomic E-state index is 12.1. The van der Waals surface area contributed by atoms with E-state index in [9.17, 15) is 9.59 Å². The molecule has 1 saturated heterocycles. The van der Waals surface area contributed by atoms with Crippen molar-refractivity contribution in [2.45, 2.75) is 6.42 Å². The number of hydrogen-bond donors (Lipinski definition) is 3. The zero-order valence-corrected chi connectivity index (χ0v) is 14.4. The van der Waals surface area contributed by atoms with E-state index in [2.05, 4.69) is 15.5 Å². The highest BCUT2D eigenvalue weighted by Gasteiger charge is 2.11. The summed E-state index contributed by atoms with van der Waals surface area (Å²) in [6.45, 7) is 4.95. The molecule has 1 aliphatic heterocycles. The Labute approximate surface area is 152 Å². The van der Waals surface area contributed by atoms with E-state index in [-0.39, 0.29) is 11.1 Å². The molecule has 1 aromatic carbocycles. The average molecular weight is 358 g/mol. The van der Waals surface area contributed by atoms with Crippen LogP contribution >= 0.6 is 0 Å². The van der Waals surface area contributed by atoms with E-state index in [4.69, 9.17) is 15.1 Å². The Morgan fingerprint density at radius 2 is 2.12 bits per heavy atom. The fourth-order valence-corrected chi connectivity index (χ4v) is 2.48. The smallest absolute Gasteiger partial charge is 0.335 e. The standard InChI is InChI=1S/C18H22N4O4/c19-12-15(13-20-5-2-6-22-7-9-26-10-8-22)17(23)21-16-4-1-3-14(11-16)18(24)25/h1,3-4,11,13,20H,2,5-10H2,(H,21,23)(H,24,25)/b15-13-. The monoisotopic (exact) mass is 358 g/mol. The highest BCUT2D eigenvalue weighted by atomic mass is 16.5. The van der Waals surface area contributed by atoms with Crippen LogP contribution in [0.2, 0.25) is 0 Å². The van der Waals surface area contributed by atoms with Crippen molar-refractivity contribution in [3.05, 3.63) is 41.6 Å². The van der Waals surface area contributed by atoms with Gasteiger partial charge in [-0.2, -0.15) is 5.26 Å². The maximum Gasteiger partial charge on any atom is 0.335 e. The molecule has 1 fully saturated rings. The van der Waals surface area contributed by atoms with Crippen molar-refractivity contribution >= 4 is 17.6 Å². The van der Waals surface area contributed by atoms with Crippen LogP contribution in [-0.4, -0.2) is 61.3 Å². The highest BCUT2D eigenvalue weighted by Crippen LogP contribution is 2.11. The molecule has 2 rings (SSSR count). The Hall–Kier alpha value is -2.89. The molecule has 3 N–H and O–H groups in total. The third kappa shape index (κ3) is 6.20. The van der Waals surface area contributed by atoms with E-state index in [1.54, 1.807) is 6.07 Å². The lowest BCUT2D eigenvalue weighted by Gasteiger charge is -2.26. The number of nitrogens with one attached hydrogen (secondary N) is 2. The largest absolute Gasteiger partial charge is 0.478 e. The summed E-state index contributed by atoms with van der Waals surface area (Å²) in [5.41, 5.74) is 0.312. The van der Waals surface area contributed by atoms with Crippen molar-refractivity contribution in [2.75, 3.05) is 44.7 Å². The minimum atomic E-state index is -1.08. The normalized spacial score (nSPS) is 15.1. The molecule has 0 aromatic heterocycles. The molecule has 8 heteroatoms. The van der Waals surface area contributed by atoms with Crippen LogP contribution in [0.25, 0.3) is 0 Å². The number of rotatable bonds is 8. The van der Waals surface area contributed by atoms with Crippen molar-refractivity contribution in [1.82, 2.24) is 10.2 Å². The Bertz CT molecular complexity index is 705. The second-order valence-corrected chi connectivity index (χ2v) is 5.77. The fraction of sp³-hybridized carbons (Fsp3) is 0.389. The van der Waals surface area contributed by atoms with Crippen molar-refractivity contribution < 1.29 is 19.4 Å². The molecule has 0 bridgehead atoms. The van der Waals surface area contributed by atoms with Gasteiger partial charge in [0.25, 0.3) is 5.91 Å². The van der Waals surface area contributed by atoms with E-state index in [0.717, 1.165) is 39.3 Å². The first kappa shape index (κ1) is 19.4. The number of carbonyl (C=O) groups is 2. The topological polar surface area (TPSA) is 115 Å². The van der Waals surface area contributed by atoms with Gasteiger partial charge in [-0.05, 0) is 31.2 Å². The highest BCUT2D eigenvalue weighted by molar-refractivity contribution is 6.06. The molecular weight excluding hydrogens is 336 g/mol. The predicted molar refractivity (Wildman–Crippen MR) is 95.6 cm³/mol. The molecule has 138 valence electrons. The first-order chi connectivity index (χ1) is 12.6. The SMILES string of the molecule is N#C/C(=C/NCCCN1CCOCC1)C(=O)Nc1cccc(C(=O)O)c1. The number of aromatic carboxylic acids is 1. The van der Waals surface area contributed by atoms with Gasteiger partial charge in [0.15, 0.2) is 0 Å². The molecule has 0 unspecified atom stereocenters. The summed E-state index contributed by atoms with van der Waals surface area (Å²) in [5.74, 6) is -1.67. The van der Waals surface area contributed by atoms with Gasteiger partial charge in [-0.1, -0.05) is 6.07 Å². The summed E-state index contributed by atoms with van der Waals surface area (Å²) in [5, 5.41) is 23.6. The lowest BCUT2D eigenvalue weighted by molar-refractivity contribution is -0.112. The lowest BCUT2D eigenvalue weighted by atomic mass is 10.2. The number of nitrogens with zero attached hydrogens (tertiary/aromatic N) is 2. The van der Waals surface area contributed by atoms with Crippen LogP contribution in [0.15, 0.2) is 36.0 Å². The van der Waals surface area contributed by atoms with Crippen molar-refractivity contribution in [1.29, 1.82) is 5.26 Å². The number of carbonyl (C=O) groups excluding carboxylic acids is 1. The van der Waals surface area contributed by atoms with E-state index in [1.807, 2.05) is 6.07 Å². The van der Waals surface area contributed by atoms with Crippen LogP contribution in [0.1, 0.15) is 16.8 Å². The van der Waals surface area contributed by atoms with Crippen LogP contribution in [-0.2, 0) is 9.53 Å². The number of anilines is 1. The van der Waals surface area contributed by atoms with Crippen LogP contribution in [0.4, 0.5) is 5.69 Å². The summed E-state index contributed by atoms with van der Waals surface area (Å²) in [7, 11) is 0. The second-order valence-electron chi connectivity index (χ2n) is 5.77. The number of morpholine rings is 1. The van der Waals surface area contributed by atoms with Crippen LogP contribution in [0.5, 0.6) is 0 Å². The molecule has 0 saturated carbocycles. The minimum absolute atomic E-state index is 0.0616. The van der Waals surface area contributed by atoms with E-state index in [0.29, 0.717) is 12.2 Å². The fourth-order valence-electron chi connectivity index (χ4n) is 2.48. The number of ether oxygens (including phenoxy) is 1. The van der Waals surface area contributed by atoms with Gasteiger partial charge in [0.1, 0.15) is 11.6 Å². The van der Waals surface area contributed by atoms with Crippen molar-refractivity contribution in [3.8, 4) is 6.07 Å². The summed E-state index contributed by atoms with van der Waals surface area (Å²) in [6, 6.07) is 7.70. The molecule has 1 aromatic rings. The van der Waals surface area contributed by atoms with E-state index in [1.165, 1.54) is 24.4 Å². The number of carboxylic acids is 1. The Morgan fingerprint density at radius 1 is 1.35 bits per heavy atom. The minimum Gasteiger partial charge on any atom is -0.478 e. The number of hydrogen-bond acceptors (Lipinski definition) is 6. The second kappa shape index (κ2) is 10.2. The lowest BCUT2D eigenvalue weighted by Crippen LogP contribution is -2.37. The molecule has 0 radical (unpaired) electrons. The number of amides is 1. The van der Waals surface area contributed by atoms with Crippen LogP contribution < -0.4 is 10.6 Å². The molecule has 0 atom stereocenters. The zero-order valence-electron chi connectivity index (χ0n) is 14.4. The van der Waals surface area contributed by atoms with Gasteiger partial charge in [0.05, 0.1) is 18.8 Å². The summed E-state index contributed by atoms with van der Waals surface area (Å²) < 4.78 is 5.29. The molecule has 1 aliphatic rings. The van der Waals surface area contributed by atoms with E-state index >= 15 is 0 Å². The van der Waals surface area contributed by atoms with Gasteiger partial charge in [-0.3, -0.25) is 9.69 Å². The Morgan fingerprint density at radius 3 is 2.81 bits per heavy atom. The average Bonchev–Trinajstić information content (AvgIpc) is 2.65. The molecule has 0 spiro atoms. The number of nitriles is 1. The number of benzene rings is 1. The summed E-state index contributed by atoms with van der Waals surface area (Å²) in [6.07, 6.45) is 2.27. The molecule has 1 heterocycles. The quantitative estimate of drug-likeness (QED) is 0.361. The Balaban J connectivity index is 1.80. The van der Waals surface area contributed by atoms with Gasteiger partial charge in [-0.25, -0.2) is 4.79 Å². The first-order valence-corrected chi connectivity index (χ1v) is 8.38. The predicted octanol–water partition coefficient (Wildman–Crippen LogP) is 1.04. The first-order valence-electron chi connectivity index (χ1n) is 8.38. The van der Waals surface area contributed by atoms with Gasteiger partial charge in [-0.15, -0.1) is 0 Å². The van der Waals surface area contributed by atoms with Gasteiger partial charge < -0.3 is 20.5 Å². The molecule has 26 heavy (non-hydrogen) atoms. The van der Waals surface area contributed by atoms with Gasteiger partial charge >= 0.3 is 5.97 Å². The summed E-state index contributed by atoms with van der Waals surface area (Å²) >= 11 is 0. The molecular formula is C18H22N4O4. The molecule has 1 amide bonds. The Kier molecular flexibility index (Phi) is 7.61.